The monoisotopic (exact) mass is 567 g/mol. The predicted molar refractivity (Wildman–Crippen MR) is 184 cm³/mol. The second-order valence-electron chi connectivity index (χ2n) is 10.9. The van der Waals surface area contributed by atoms with Crippen LogP contribution >= 0.6 is 11.3 Å². The molecule has 0 atom stereocenters. The fourth-order valence-corrected chi connectivity index (χ4v) is 7.60. The number of thiophene rings is 1. The Kier molecular flexibility index (Phi) is 5.40. The quantitative estimate of drug-likeness (QED) is 0.210. The number of furan rings is 1. The summed E-state index contributed by atoms with van der Waals surface area (Å²) in [6.07, 6.45) is 0. The lowest BCUT2D eigenvalue weighted by Gasteiger charge is -2.29. The zero-order valence-electron chi connectivity index (χ0n) is 23.2. The summed E-state index contributed by atoms with van der Waals surface area (Å²) < 4.78 is 8.90. The highest BCUT2D eigenvalue weighted by Gasteiger charge is 2.21. The minimum absolute atomic E-state index is 0.900. The molecule has 0 bridgehead atoms. The molecule has 2 nitrogen and oxygen atoms in total. The van der Waals surface area contributed by atoms with E-state index in [9.17, 15) is 0 Å². The summed E-state index contributed by atoms with van der Waals surface area (Å²) in [6, 6.07) is 54.4. The van der Waals surface area contributed by atoms with Crippen LogP contribution in [0.5, 0.6) is 0 Å². The van der Waals surface area contributed by atoms with Gasteiger partial charge in [-0.15, -0.1) is 11.3 Å². The van der Waals surface area contributed by atoms with E-state index >= 15 is 0 Å². The molecule has 0 unspecified atom stereocenters. The Balaban J connectivity index is 1.33. The molecule has 0 radical (unpaired) electrons. The molecule has 9 aromatic rings. The second-order valence-corrected chi connectivity index (χ2v) is 12.0. The number of hydrogen-bond acceptors (Lipinski definition) is 3. The second kappa shape index (κ2) is 9.59. The van der Waals surface area contributed by atoms with Gasteiger partial charge in [-0.05, 0) is 70.9 Å². The van der Waals surface area contributed by atoms with Crippen molar-refractivity contribution in [1.29, 1.82) is 0 Å². The Bertz CT molecular complexity index is 2480. The van der Waals surface area contributed by atoms with Gasteiger partial charge in [0.15, 0.2) is 0 Å². The highest BCUT2D eigenvalue weighted by atomic mass is 32.1. The Morgan fingerprint density at radius 1 is 0.465 bits per heavy atom. The van der Waals surface area contributed by atoms with Gasteiger partial charge in [0, 0.05) is 42.2 Å². The lowest BCUT2D eigenvalue weighted by Crippen LogP contribution is -2.11. The smallest absolute Gasteiger partial charge is 0.136 e. The fourth-order valence-electron chi connectivity index (χ4n) is 6.47. The van der Waals surface area contributed by atoms with Crippen LogP contribution in [0.2, 0.25) is 0 Å². The lowest BCUT2D eigenvalue weighted by molar-refractivity contribution is 0.669. The zero-order valence-corrected chi connectivity index (χ0v) is 24.0. The number of hydrogen-bond donors (Lipinski definition) is 0. The molecule has 0 spiro atoms. The van der Waals surface area contributed by atoms with Crippen LogP contribution < -0.4 is 4.90 Å². The highest BCUT2D eigenvalue weighted by Crippen LogP contribution is 2.47. The molecule has 0 N–H and O–H groups in total. The van der Waals surface area contributed by atoms with Crippen LogP contribution in [0.25, 0.3) is 64.0 Å². The van der Waals surface area contributed by atoms with Gasteiger partial charge < -0.3 is 9.32 Å². The van der Waals surface area contributed by atoms with E-state index in [0.717, 1.165) is 44.4 Å². The molecule has 0 aliphatic heterocycles. The van der Waals surface area contributed by atoms with Crippen LogP contribution in [0, 0.1) is 0 Å². The van der Waals surface area contributed by atoms with Crippen molar-refractivity contribution in [1.82, 2.24) is 0 Å². The van der Waals surface area contributed by atoms with E-state index in [0.29, 0.717) is 0 Å². The predicted octanol–water partition coefficient (Wildman–Crippen LogP) is 12.2. The fraction of sp³-hybridized carbons (Fsp3) is 0. The lowest BCUT2D eigenvalue weighted by atomic mass is 9.99. The van der Waals surface area contributed by atoms with Crippen LogP contribution in [0.3, 0.4) is 0 Å². The van der Waals surface area contributed by atoms with Gasteiger partial charge in [-0.2, -0.15) is 0 Å². The van der Waals surface area contributed by atoms with E-state index in [4.69, 9.17) is 4.42 Å². The van der Waals surface area contributed by atoms with E-state index in [2.05, 4.69) is 144 Å². The third-order valence-corrected chi connectivity index (χ3v) is 9.58. The largest absolute Gasteiger partial charge is 0.456 e. The van der Waals surface area contributed by atoms with Crippen LogP contribution in [-0.2, 0) is 0 Å². The molecule has 7 aromatic carbocycles. The topological polar surface area (TPSA) is 16.4 Å². The molecule has 43 heavy (non-hydrogen) atoms. The van der Waals surface area contributed by atoms with Crippen molar-refractivity contribution in [2.24, 2.45) is 0 Å². The molecule has 3 heteroatoms. The van der Waals surface area contributed by atoms with Gasteiger partial charge in [0.2, 0.25) is 0 Å². The summed E-state index contributed by atoms with van der Waals surface area (Å²) in [5, 5.41) is 7.29. The number of benzene rings is 7. The summed E-state index contributed by atoms with van der Waals surface area (Å²) in [7, 11) is 0. The maximum Gasteiger partial charge on any atom is 0.136 e. The Morgan fingerprint density at radius 2 is 1.19 bits per heavy atom. The summed E-state index contributed by atoms with van der Waals surface area (Å²) in [5.41, 5.74) is 7.50. The van der Waals surface area contributed by atoms with Crippen LogP contribution in [0.15, 0.2) is 156 Å². The Labute approximate surface area is 252 Å². The Morgan fingerprint density at radius 3 is 2.14 bits per heavy atom. The molecule has 0 saturated carbocycles. The first kappa shape index (κ1) is 24.2. The van der Waals surface area contributed by atoms with Gasteiger partial charge in [0.05, 0.1) is 11.4 Å². The standard InChI is InChI=1S/C40H25NOS/c1-2-11-27-24-29(22-20-26(27)10-1)41(35-16-9-19-39-40(35)33-14-5-8-18-38(33)43-39)34-15-6-3-12-30(34)28-21-23-32-31-13-4-7-17-36(31)42-37(32)25-28/h1-25H. The van der Waals surface area contributed by atoms with Gasteiger partial charge in [-0.25, -0.2) is 0 Å². The maximum absolute atomic E-state index is 6.32. The van der Waals surface area contributed by atoms with Crippen LogP contribution in [-0.4, -0.2) is 0 Å². The normalized spacial score (nSPS) is 11.7. The number of fused-ring (bicyclic) bond motifs is 7. The van der Waals surface area contributed by atoms with Gasteiger partial charge in [0.25, 0.3) is 0 Å². The van der Waals surface area contributed by atoms with Gasteiger partial charge in [-0.1, -0.05) is 97.1 Å². The van der Waals surface area contributed by atoms with Gasteiger partial charge in [0.1, 0.15) is 11.2 Å². The molecule has 0 fully saturated rings. The number of para-hydroxylation sites is 2. The first-order valence-electron chi connectivity index (χ1n) is 14.5. The van der Waals surface area contributed by atoms with Crippen molar-refractivity contribution >= 4 is 81.3 Å². The number of rotatable bonds is 4. The van der Waals surface area contributed by atoms with E-state index in [1.54, 1.807) is 0 Å². The molecule has 2 heterocycles. The first-order chi connectivity index (χ1) is 21.3. The molecule has 0 aliphatic carbocycles. The first-order valence-corrected chi connectivity index (χ1v) is 15.3. The molecule has 202 valence electrons. The summed E-state index contributed by atoms with van der Waals surface area (Å²) in [6.45, 7) is 0. The third-order valence-electron chi connectivity index (χ3n) is 8.45. The van der Waals surface area contributed by atoms with Gasteiger partial charge in [-0.3, -0.25) is 0 Å². The van der Waals surface area contributed by atoms with Crippen molar-refractivity contribution < 1.29 is 4.42 Å². The maximum atomic E-state index is 6.32. The van der Waals surface area contributed by atoms with Crippen LogP contribution in [0.1, 0.15) is 0 Å². The summed E-state index contributed by atoms with van der Waals surface area (Å²) in [4.78, 5) is 2.44. The SMILES string of the molecule is c1ccc(N(c2ccc3ccccc3c2)c2cccc3sc4ccccc4c23)c(-c2ccc3c(c2)oc2ccccc23)c1. The highest BCUT2D eigenvalue weighted by molar-refractivity contribution is 7.26. The molecular formula is C40H25NOS. The molecular weight excluding hydrogens is 543 g/mol. The van der Waals surface area contributed by atoms with Crippen LogP contribution in [0.4, 0.5) is 17.1 Å². The van der Waals surface area contributed by atoms with Crippen molar-refractivity contribution in [3.8, 4) is 11.1 Å². The van der Waals surface area contributed by atoms with Gasteiger partial charge >= 0.3 is 0 Å². The molecule has 9 rings (SSSR count). The Hall–Kier alpha value is -5.38. The zero-order chi connectivity index (χ0) is 28.3. The minimum atomic E-state index is 0.900. The van der Waals surface area contributed by atoms with E-state index in [1.165, 1.54) is 36.6 Å². The van der Waals surface area contributed by atoms with E-state index in [1.807, 2.05) is 23.5 Å². The molecule has 2 aromatic heterocycles. The summed E-state index contributed by atoms with van der Waals surface area (Å²) in [5.74, 6) is 0. The van der Waals surface area contributed by atoms with Crippen molar-refractivity contribution in [2.45, 2.75) is 0 Å². The summed E-state index contributed by atoms with van der Waals surface area (Å²) >= 11 is 1.85. The molecule has 0 amide bonds. The average molecular weight is 568 g/mol. The number of anilines is 3. The van der Waals surface area contributed by atoms with E-state index < -0.39 is 0 Å². The van der Waals surface area contributed by atoms with Crippen molar-refractivity contribution in [3.63, 3.8) is 0 Å². The van der Waals surface area contributed by atoms with Crippen molar-refractivity contribution in [2.75, 3.05) is 4.90 Å². The van der Waals surface area contributed by atoms with E-state index in [-0.39, 0.29) is 0 Å². The van der Waals surface area contributed by atoms with Crippen molar-refractivity contribution in [3.05, 3.63) is 152 Å². The third kappa shape index (κ3) is 3.86. The number of nitrogens with zero attached hydrogens (tertiary/aromatic N) is 1. The molecule has 0 aliphatic rings. The average Bonchev–Trinajstić information content (AvgIpc) is 3.63. The molecule has 0 saturated heterocycles. The minimum Gasteiger partial charge on any atom is -0.456 e.